The fourth-order valence-corrected chi connectivity index (χ4v) is 4.32. The summed E-state index contributed by atoms with van der Waals surface area (Å²) in [6.07, 6.45) is 19.2. The second kappa shape index (κ2) is 14.9. The van der Waals surface area contributed by atoms with E-state index in [1.165, 1.54) is 83.5 Å². The average Bonchev–Trinajstić information content (AvgIpc) is 2.70. The molecular formula is C30H54O2. The first-order valence-corrected chi connectivity index (χ1v) is 13.6. The van der Waals surface area contributed by atoms with Gasteiger partial charge < -0.3 is 9.84 Å². The van der Waals surface area contributed by atoms with Gasteiger partial charge in [0.1, 0.15) is 11.5 Å². The summed E-state index contributed by atoms with van der Waals surface area (Å²) in [5.41, 5.74) is 1.72. The molecule has 1 rings (SSSR count). The van der Waals surface area contributed by atoms with Gasteiger partial charge in [-0.2, -0.15) is 0 Å². The van der Waals surface area contributed by atoms with E-state index in [9.17, 15) is 5.11 Å². The van der Waals surface area contributed by atoms with Crippen LogP contribution in [-0.2, 0) is 10.8 Å². The molecule has 0 aromatic heterocycles. The van der Waals surface area contributed by atoms with Crippen LogP contribution < -0.4 is 4.74 Å². The molecule has 1 aromatic rings. The highest BCUT2D eigenvalue weighted by atomic mass is 16.5. The van der Waals surface area contributed by atoms with Gasteiger partial charge in [-0.05, 0) is 29.4 Å². The summed E-state index contributed by atoms with van der Waals surface area (Å²) < 4.78 is 6.13. The lowest BCUT2D eigenvalue weighted by molar-refractivity contribution is 0.301. The summed E-state index contributed by atoms with van der Waals surface area (Å²) in [6.45, 7) is 15.9. The Hall–Kier alpha value is -1.18. The number of rotatable bonds is 16. The fraction of sp³-hybridized carbons (Fsp3) is 0.800. The first-order chi connectivity index (χ1) is 15.1. The molecule has 0 radical (unpaired) electrons. The Bertz CT molecular complexity index is 584. The molecule has 0 saturated carbocycles. The predicted molar refractivity (Wildman–Crippen MR) is 141 cm³/mol. The van der Waals surface area contributed by atoms with Gasteiger partial charge in [0.05, 0.1) is 6.61 Å². The van der Waals surface area contributed by atoms with Crippen LogP contribution in [0.3, 0.4) is 0 Å². The molecule has 186 valence electrons. The minimum absolute atomic E-state index is 0.113. The van der Waals surface area contributed by atoms with E-state index in [0.717, 1.165) is 29.9 Å². The third kappa shape index (κ3) is 11.6. The first kappa shape index (κ1) is 28.9. The summed E-state index contributed by atoms with van der Waals surface area (Å²) in [7, 11) is 0. The minimum Gasteiger partial charge on any atom is -0.507 e. The van der Waals surface area contributed by atoms with E-state index in [1.807, 2.05) is 12.1 Å². The largest absolute Gasteiger partial charge is 0.507 e. The van der Waals surface area contributed by atoms with Crippen molar-refractivity contribution >= 4 is 0 Å². The normalized spacial score (nSPS) is 12.3. The summed E-state index contributed by atoms with van der Waals surface area (Å²) >= 11 is 0. The molecule has 0 bridgehead atoms. The molecule has 0 atom stereocenters. The van der Waals surface area contributed by atoms with Crippen LogP contribution in [0.25, 0.3) is 0 Å². The van der Waals surface area contributed by atoms with Gasteiger partial charge in [-0.25, -0.2) is 0 Å². The summed E-state index contributed by atoms with van der Waals surface area (Å²) in [4.78, 5) is 0. The maximum atomic E-state index is 10.8. The number of hydrogen-bond acceptors (Lipinski definition) is 2. The van der Waals surface area contributed by atoms with Crippen LogP contribution in [0, 0.1) is 0 Å². The number of phenolic OH excluding ortho intramolecular Hbond substituents is 1. The maximum Gasteiger partial charge on any atom is 0.123 e. The second-order valence-corrected chi connectivity index (χ2v) is 11.8. The zero-order valence-corrected chi connectivity index (χ0v) is 22.6. The van der Waals surface area contributed by atoms with Gasteiger partial charge in [0, 0.05) is 11.1 Å². The molecule has 32 heavy (non-hydrogen) atoms. The smallest absolute Gasteiger partial charge is 0.123 e. The van der Waals surface area contributed by atoms with E-state index in [2.05, 4.69) is 48.5 Å². The van der Waals surface area contributed by atoms with Gasteiger partial charge in [0.25, 0.3) is 0 Å². The van der Waals surface area contributed by atoms with Crippen molar-refractivity contribution < 1.29 is 9.84 Å². The predicted octanol–water partition coefficient (Wildman–Crippen LogP) is 9.85. The van der Waals surface area contributed by atoms with E-state index >= 15 is 0 Å². The number of phenols is 1. The number of ether oxygens (including phenoxy) is 1. The van der Waals surface area contributed by atoms with Crippen molar-refractivity contribution in [2.24, 2.45) is 0 Å². The highest BCUT2D eigenvalue weighted by molar-refractivity contribution is 5.51. The summed E-state index contributed by atoms with van der Waals surface area (Å²) in [5, 5.41) is 10.8. The molecular weight excluding hydrogens is 392 g/mol. The van der Waals surface area contributed by atoms with Crippen molar-refractivity contribution in [3.05, 3.63) is 23.3 Å². The van der Waals surface area contributed by atoms with Gasteiger partial charge >= 0.3 is 0 Å². The molecule has 0 heterocycles. The van der Waals surface area contributed by atoms with E-state index in [4.69, 9.17) is 4.74 Å². The standard InChI is InChI=1S/C30H54O2/c1-8-9-10-11-12-13-14-15-16-17-18-19-20-21-22-32-25-23-26(29(2,3)4)28(31)27(24-25)30(5,6)7/h23-24,31H,8-22H2,1-7H3. The molecule has 2 nitrogen and oxygen atoms in total. The molecule has 0 aliphatic heterocycles. The molecule has 2 heteroatoms. The molecule has 0 saturated heterocycles. The van der Waals surface area contributed by atoms with E-state index in [-0.39, 0.29) is 10.8 Å². The van der Waals surface area contributed by atoms with Crippen LogP contribution in [0.2, 0.25) is 0 Å². The fourth-order valence-electron chi connectivity index (χ4n) is 4.32. The number of unbranched alkanes of at least 4 members (excludes halogenated alkanes) is 13. The maximum absolute atomic E-state index is 10.8. The van der Waals surface area contributed by atoms with Gasteiger partial charge in [-0.1, -0.05) is 132 Å². The SMILES string of the molecule is CCCCCCCCCCCCCCCCOc1cc(C(C)(C)C)c(O)c(C(C)(C)C)c1. The van der Waals surface area contributed by atoms with Crippen molar-refractivity contribution in [3.8, 4) is 11.5 Å². The number of hydrogen-bond donors (Lipinski definition) is 1. The zero-order valence-electron chi connectivity index (χ0n) is 22.6. The highest BCUT2D eigenvalue weighted by Crippen LogP contribution is 2.41. The first-order valence-electron chi connectivity index (χ1n) is 13.6. The van der Waals surface area contributed by atoms with Crippen LogP contribution in [0.15, 0.2) is 12.1 Å². The Morgan fingerprint density at radius 2 is 0.938 bits per heavy atom. The Balaban J connectivity index is 2.23. The quantitative estimate of drug-likeness (QED) is 0.256. The molecule has 0 fully saturated rings. The van der Waals surface area contributed by atoms with Gasteiger partial charge in [-0.15, -0.1) is 0 Å². The second-order valence-electron chi connectivity index (χ2n) is 11.8. The van der Waals surface area contributed by atoms with Gasteiger partial charge in [0.15, 0.2) is 0 Å². The van der Waals surface area contributed by atoms with Gasteiger partial charge in [-0.3, -0.25) is 0 Å². The topological polar surface area (TPSA) is 29.5 Å². The van der Waals surface area contributed by atoms with E-state index in [1.54, 1.807) is 0 Å². The van der Waals surface area contributed by atoms with E-state index in [0.29, 0.717) is 5.75 Å². The van der Waals surface area contributed by atoms with Crippen molar-refractivity contribution in [1.82, 2.24) is 0 Å². The third-order valence-corrected chi connectivity index (χ3v) is 6.47. The number of benzene rings is 1. The summed E-state index contributed by atoms with van der Waals surface area (Å²) in [6, 6.07) is 4.07. The van der Waals surface area contributed by atoms with Crippen molar-refractivity contribution in [2.75, 3.05) is 6.61 Å². The molecule has 0 aliphatic rings. The molecule has 1 N–H and O–H groups in total. The zero-order chi connectivity index (χ0) is 24.0. The van der Waals surface area contributed by atoms with Crippen LogP contribution in [0.1, 0.15) is 149 Å². The van der Waals surface area contributed by atoms with Crippen molar-refractivity contribution in [2.45, 2.75) is 149 Å². The van der Waals surface area contributed by atoms with Crippen LogP contribution in [0.5, 0.6) is 11.5 Å². The van der Waals surface area contributed by atoms with Crippen LogP contribution in [0.4, 0.5) is 0 Å². The van der Waals surface area contributed by atoms with E-state index < -0.39 is 0 Å². The van der Waals surface area contributed by atoms with Gasteiger partial charge in [0.2, 0.25) is 0 Å². The van der Waals surface area contributed by atoms with Crippen LogP contribution in [-0.4, -0.2) is 11.7 Å². The Kier molecular flexibility index (Phi) is 13.4. The lowest BCUT2D eigenvalue weighted by Crippen LogP contribution is -2.17. The lowest BCUT2D eigenvalue weighted by Gasteiger charge is -2.28. The Labute approximate surface area is 200 Å². The Morgan fingerprint density at radius 1 is 0.594 bits per heavy atom. The monoisotopic (exact) mass is 446 g/mol. The van der Waals surface area contributed by atoms with Crippen molar-refractivity contribution in [1.29, 1.82) is 0 Å². The minimum atomic E-state index is -0.113. The molecule has 0 unspecified atom stereocenters. The molecule has 0 amide bonds. The average molecular weight is 447 g/mol. The van der Waals surface area contributed by atoms with Crippen molar-refractivity contribution in [3.63, 3.8) is 0 Å². The molecule has 1 aromatic carbocycles. The molecule has 0 spiro atoms. The number of aromatic hydroxyl groups is 1. The molecule has 0 aliphatic carbocycles. The summed E-state index contributed by atoms with van der Waals surface area (Å²) in [5.74, 6) is 1.32. The Morgan fingerprint density at radius 3 is 1.28 bits per heavy atom. The lowest BCUT2D eigenvalue weighted by atomic mass is 9.79. The van der Waals surface area contributed by atoms with Crippen LogP contribution >= 0.6 is 0 Å². The highest BCUT2D eigenvalue weighted by Gasteiger charge is 2.26. The third-order valence-electron chi connectivity index (χ3n) is 6.47.